The number of nitrogens with one attached hydrogen (secondary N) is 1. The van der Waals surface area contributed by atoms with Gasteiger partial charge < -0.3 is 14.6 Å². The molecule has 0 spiro atoms. The molecule has 11 heteroatoms. The second kappa shape index (κ2) is 9.67. The summed E-state index contributed by atoms with van der Waals surface area (Å²) < 4.78 is 32.5. The number of hydrogen-bond donors (Lipinski definition) is 1. The molecule has 4 heterocycles. The number of ketones is 1. The number of furan rings is 1. The van der Waals surface area contributed by atoms with E-state index in [9.17, 15) is 22.8 Å². The first-order valence-electron chi connectivity index (χ1n) is 11.2. The second-order valence-corrected chi connectivity index (χ2v) is 11.0. The van der Waals surface area contributed by atoms with Gasteiger partial charge in [-0.15, -0.1) is 0 Å². The maximum absolute atomic E-state index is 13.5. The minimum absolute atomic E-state index is 0.0876. The van der Waals surface area contributed by atoms with Crippen LogP contribution >= 0.6 is 0 Å². The summed E-state index contributed by atoms with van der Waals surface area (Å²) in [6, 6.07) is 5.77. The smallest absolute Gasteiger partial charge is 0.287 e. The molecule has 2 saturated heterocycles. The fourth-order valence-corrected chi connectivity index (χ4v) is 6.33. The lowest BCUT2D eigenvalue weighted by atomic mass is 10.0. The number of Topliss-reactive ketones (excluding diaryl/α,β-unsaturated/α-hetero) is 1. The first-order valence-corrected chi connectivity index (χ1v) is 12.9. The standard InChI is InChI=1S/C23H28N4O6S/c1-15(2)12-17(25-22(29)20-7-5-11-33-20)23(30)26-10-8-18-21(26)19(28)13-27(18)34(31,32)14-16-6-3-4-9-24-16/h3-7,9,11,15,17-18,21H,8,10,12-14H2,1-2H3,(H,25,29). The van der Waals surface area contributed by atoms with Crippen LogP contribution in [-0.4, -0.2) is 71.4 Å². The number of fused-ring (bicyclic) bond motifs is 1. The van der Waals surface area contributed by atoms with E-state index in [1.807, 2.05) is 13.8 Å². The van der Waals surface area contributed by atoms with Crippen LogP contribution in [0.15, 0.2) is 47.2 Å². The van der Waals surface area contributed by atoms with Crippen molar-refractivity contribution in [2.24, 2.45) is 5.92 Å². The summed E-state index contributed by atoms with van der Waals surface area (Å²) in [5, 5.41) is 2.72. The van der Waals surface area contributed by atoms with Crippen LogP contribution in [-0.2, 0) is 25.4 Å². The molecule has 1 N–H and O–H groups in total. The molecule has 3 unspecified atom stereocenters. The molecule has 2 aromatic heterocycles. The number of amides is 2. The number of nitrogens with zero attached hydrogens (tertiary/aromatic N) is 3. The van der Waals surface area contributed by atoms with Gasteiger partial charge in [0.15, 0.2) is 11.5 Å². The third-order valence-corrected chi connectivity index (χ3v) is 7.90. The van der Waals surface area contributed by atoms with Gasteiger partial charge >= 0.3 is 0 Å². The zero-order valence-electron chi connectivity index (χ0n) is 19.1. The molecule has 0 bridgehead atoms. The Balaban J connectivity index is 1.51. The molecule has 2 fully saturated rings. The van der Waals surface area contributed by atoms with Gasteiger partial charge in [-0.25, -0.2) is 8.42 Å². The largest absolute Gasteiger partial charge is 0.459 e. The molecular weight excluding hydrogens is 460 g/mol. The molecule has 0 aliphatic carbocycles. The molecule has 2 aliphatic heterocycles. The van der Waals surface area contributed by atoms with Crippen molar-refractivity contribution in [3.63, 3.8) is 0 Å². The minimum atomic E-state index is -3.81. The van der Waals surface area contributed by atoms with Crippen LogP contribution in [0, 0.1) is 5.92 Å². The average molecular weight is 489 g/mol. The van der Waals surface area contributed by atoms with Crippen molar-refractivity contribution in [1.29, 1.82) is 0 Å². The number of carbonyl (C=O) groups excluding carboxylic acids is 3. The zero-order valence-corrected chi connectivity index (χ0v) is 19.9. The predicted molar refractivity (Wildman–Crippen MR) is 122 cm³/mol. The molecule has 0 aromatic carbocycles. The van der Waals surface area contributed by atoms with E-state index in [-0.39, 0.29) is 36.3 Å². The van der Waals surface area contributed by atoms with Crippen LogP contribution in [0.25, 0.3) is 0 Å². The lowest BCUT2D eigenvalue weighted by molar-refractivity contribution is -0.138. The van der Waals surface area contributed by atoms with Crippen LogP contribution in [0.5, 0.6) is 0 Å². The molecule has 0 radical (unpaired) electrons. The van der Waals surface area contributed by atoms with Crippen molar-refractivity contribution in [2.45, 2.75) is 50.6 Å². The molecule has 2 aliphatic rings. The van der Waals surface area contributed by atoms with Crippen LogP contribution in [0.4, 0.5) is 0 Å². The Morgan fingerprint density at radius 2 is 2.03 bits per heavy atom. The van der Waals surface area contributed by atoms with E-state index in [2.05, 4.69) is 10.3 Å². The van der Waals surface area contributed by atoms with Crippen molar-refractivity contribution in [3.05, 3.63) is 54.2 Å². The Hall–Kier alpha value is -3.05. The van der Waals surface area contributed by atoms with Gasteiger partial charge in [-0.1, -0.05) is 19.9 Å². The van der Waals surface area contributed by atoms with Crippen LogP contribution in [0.1, 0.15) is 42.9 Å². The summed E-state index contributed by atoms with van der Waals surface area (Å²) in [4.78, 5) is 44.4. The van der Waals surface area contributed by atoms with Crippen molar-refractivity contribution in [1.82, 2.24) is 19.5 Å². The Kier molecular flexibility index (Phi) is 6.85. The van der Waals surface area contributed by atoms with E-state index in [1.165, 1.54) is 27.7 Å². The first kappa shape index (κ1) is 24.1. The molecule has 3 atom stereocenters. The van der Waals surface area contributed by atoms with E-state index >= 15 is 0 Å². The van der Waals surface area contributed by atoms with Crippen LogP contribution in [0.2, 0.25) is 0 Å². The quantitative estimate of drug-likeness (QED) is 0.591. The maximum Gasteiger partial charge on any atom is 0.287 e. The summed E-state index contributed by atoms with van der Waals surface area (Å²) >= 11 is 0. The number of sulfonamides is 1. The number of likely N-dealkylation sites (tertiary alicyclic amines) is 1. The monoisotopic (exact) mass is 488 g/mol. The number of pyridine rings is 1. The van der Waals surface area contributed by atoms with E-state index < -0.39 is 40.0 Å². The van der Waals surface area contributed by atoms with Crippen molar-refractivity contribution in [2.75, 3.05) is 13.1 Å². The summed E-state index contributed by atoms with van der Waals surface area (Å²) in [6.07, 6.45) is 3.61. The van der Waals surface area contributed by atoms with Crippen molar-refractivity contribution < 1.29 is 27.2 Å². The minimum Gasteiger partial charge on any atom is -0.459 e. The number of aromatic nitrogens is 1. The van der Waals surface area contributed by atoms with Gasteiger partial charge in [0, 0.05) is 12.7 Å². The van der Waals surface area contributed by atoms with Crippen LogP contribution < -0.4 is 5.32 Å². The highest BCUT2D eigenvalue weighted by Gasteiger charge is 2.54. The molecule has 182 valence electrons. The highest BCUT2D eigenvalue weighted by Crippen LogP contribution is 2.33. The van der Waals surface area contributed by atoms with Gasteiger partial charge in [-0.05, 0) is 43.0 Å². The highest BCUT2D eigenvalue weighted by molar-refractivity contribution is 7.88. The molecule has 2 aromatic rings. The Morgan fingerprint density at radius 3 is 2.68 bits per heavy atom. The van der Waals surface area contributed by atoms with Crippen molar-refractivity contribution >= 4 is 27.6 Å². The van der Waals surface area contributed by atoms with E-state index in [1.54, 1.807) is 24.3 Å². The summed E-state index contributed by atoms with van der Waals surface area (Å²) in [5.74, 6) is -1.35. The average Bonchev–Trinajstić information content (AvgIpc) is 3.52. The second-order valence-electron chi connectivity index (χ2n) is 9.05. The van der Waals surface area contributed by atoms with Crippen molar-refractivity contribution in [3.8, 4) is 0 Å². The number of rotatable bonds is 8. The molecule has 34 heavy (non-hydrogen) atoms. The topological polar surface area (TPSA) is 130 Å². The lowest BCUT2D eigenvalue weighted by Crippen LogP contribution is -2.53. The molecular formula is C23H28N4O6S. The Bertz CT molecular complexity index is 1150. The van der Waals surface area contributed by atoms with E-state index in [0.29, 0.717) is 18.5 Å². The van der Waals surface area contributed by atoms with Gasteiger partial charge in [0.2, 0.25) is 15.9 Å². The van der Waals surface area contributed by atoms with Gasteiger partial charge in [0.25, 0.3) is 5.91 Å². The SMILES string of the molecule is CC(C)CC(NC(=O)c1ccco1)C(=O)N1CCC2C1C(=O)CN2S(=O)(=O)Cc1ccccn1. The maximum atomic E-state index is 13.5. The molecule has 10 nitrogen and oxygen atoms in total. The summed E-state index contributed by atoms with van der Waals surface area (Å²) in [5.41, 5.74) is 0.391. The molecule has 4 rings (SSSR count). The third kappa shape index (κ3) is 4.90. The van der Waals surface area contributed by atoms with E-state index in [0.717, 1.165) is 0 Å². The zero-order chi connectivity index (χ0) is 24.5. The number of hydrogen-bond acceptors (Lipinski definition) is 7. The van der Waals surface area contributed by atoms with Gasteiger partial charge in [-0.2, -0.15) is 4.31 Å². The highest BCUT2D eigenvalue weighted by atomic mass is 32.2. The van der Waals surface area contributed by atoms with Gasteiger partial charge in [0.1, 0.15) is 17.8 Å². The van der Waals surface area contributed by atoms with Gasteiger partial charge in [-0.3, -0.25) is 19.4 Å². The fraction of sp³-hybridized carbons (Fsp3) is 0.478. The molecule has 2 amide bonds. The van der Waals surface area contributed by atoms with Gasteiger partial charge in [0.05, 0.1) is 24.5 Å². The lowest BCUT2D eigenvalue weighted by Gasteiger charge is -2.29. The number of carbonyl (C=O) groups is 3. The summed E-state index contributed by atoms with van der Waals surface area (Å²) in [6.45, 7) is 3.82. The first-order chi connectivity index (χ1) is 16.2. The fourth-order valence-electron chi connectivity index (χ4n) is 4.67. The third-order valence-electron chi connectivity index (χ3n) is 6.13. The molecule has 0 saturated carbocycles. The van der Waals surface area contributed by atoms with Crippen LogP contribution in [0.3, 0.4) is 0 Å². The predicted octanol–water partition coefficient (Wildman–Crippen LogP) is 1.20. The normalized spacial score (nSPS) is 21.6. The van der Waals surface area contributed by atoms with E-state index in [4.69, 9.17) is 4.42 Å². The Morgan fingerprint density at radius 1 is 1.24 bits per heavy atom. The Labute approximate surface area is 198 Å². The summed E-state index contributed by atoms with van der Waals surface area (Å²) in [7, 11) is -3.81.